The summed E-state index contributed by atoms with van der Waals surface area (Å²) in [6.45, 7) is 4.19. The highest BCUT2D eigenvalue weighted by Gasteiger charge is 2.11. The number of nitrogens with zero attached hydrogens (tertiary/aromatic N) is 2. The van der Waals surface area contributed by atoms with Crippen LogP contribution in [0.15, 0.2) is 66.7 Å². The molecule has 26 heavy (non-hydrogen) atoms. The van der Waals surface area contributed by atoms with Gasteiger partial charge in [-0.3, -0.25) is 0 Å². The van der Waals surface area contributed by atoms with Gasteiger partial charge in [-0.1, -0.05) is 36.4 Å². The lowest BCUT2D eigenvalue weighted by Crippen LogP contribution is -1.99. The maximum atomic E-state index is 13.1. The number of hydrogen-bond donors (Lipinski definition) is 1. The van der Waals surface area contributed by atoms with Gasteiger partial charge in [-0.15, -0.1) is 10.2 Å². The quantitative estimate of drug-likeness (QED) is 0.511. The van der Waals surface area contributed by atoms with E-state index in [-0.39, 0.29) is 5.82 Å². The average molecular weight is 343 g/mol. The van der Waals surface area contributed by atoms with Crippen LogP contribution in [0.4, 0.5) is 15.9 Å². The number of anilines is 2. The van der Waals surface area contributed by atoms with E-state index in [0.29, 0.717) is 5.82 Å². The first-order valence-electron chi connectivity index (χ1n) is 8.47. The predicted octanol–water partition coefficient (Wildman–Crippen LogP) is 5.80. The number of aryl methyl sites for hydroxylation is 2. The lowest BCUT2D eigenvalue weighted by molar-refractivity contribution is 0.628. The Labute approximate surface area is 151 Å². The van der Waals surface area contributed by atoms with Crippen LogP contribution in [-0.2, 0) is 0 Å². The van der Waals surface area contributed by atoms with Crippen molar-refractivity contribution in [3.63, 3.8) is 0 Å². The Kier molecular flexibility index (Phi) is 4.09. The summed E-state index contributed by atoms with van der Waals surface area (Å²) in [6, 6.07) is 20.6. The van der Waals surface area contributed by atoms with Crippen LogP contribution in [0, 0.1) is 19.7 Å². The summed E-state index contributed by atoms with van der Waals surface area (Å²) in [5.74, 6) is 0.386. The molecular weight excluding hydrogens is 325 g/mol. The monoisotopic (exact) mass is 343 g/mol. The molecule has 1 N–H and O–H groups in total. The van der Waals surface area contributed by atoms with Crippen LogP contribution >= 0.6 is 0 Å². The largest absolute Gasteiger partial charge is 0.338 e. The summed E-state index contributed by atoms with van der Waals surface area (Å²) in [6.07, 6.45) is 0. The molecule has 4 heteroatoms. The minimum atomic E-state index is -0.267. The van der Waals surface area contributed by atoms with E-state index in [1.54, 1.807) is 12.1 Å². The molecule has 0 aliphatic heterocycles. The number of rotatable bonds is 3. The van der Waals surface area contributed by atoms with E-state index >= 15 is 0 Å². The molecule has 0 fully saturated rings. The second kappa shape index (κ2) is 6.56. The van der Waals surface area contributed by atoms with Gasteiger partial charge in [0.1, 0.15) is 11.5 Å². The van der Waals surface area contributed by atoms with Crippen LogP contribution in [-0.4, -0.2) is 10.2 Å². The first kappa shape index (κ1) is 16.2. The second-order valence-electron chi connectivity index (χ2n) is 6.37. The summed E-state index contributed by atoms with van der Waals surface area (Å²) >= 11 is 0. The molecule has 3 aromatic carbocycles. The fourth-order valence-corrected chi connectivity index (χ4v) is 2.97. The molecule has 128 valence electrons. The minimum absolute atomic E-state index is 0.267. The fraction of sp³-hybridized carbons (Fsp3) is 0.0909. The first-order valence-corrected chi connectivity index (χ1v) is 8.47. The van der Waals surface area contributed by atoms with Crippen LogP contribution in [0.5, 0.6) is 0 Å². The lowest BCUT2D eigenvalue weighted by Gasteiger charge is -2.12. The van der Waals surface area contributed by atoms with Gasteiger partial charge < -0.3 is 5.32 Å². The van der Waals surface area contributed by atoms with E-state index < -0.39 is 0 Å². The third-order valence-corrected chi connectivity index (χ3v) is 4.57. The molecule has 3 nitrogen and oxygen atoms in total. The van der Waals surface area contributed by atoms with Gasteiger partial charge in [-0.25, -0.2) is 4.39 Å². The summed E-state index contributed by atoms with van der Waals surface area (Å²) < 4.78 is 13.1. The van der Waals surface area contributed by atoms with Crippen LogP contribution in [0.25, 0.3) is 22.0 Å². The van der Waals surface area contributed by atoms with E-state index in [0.717, 1.165) is 27.7 Å². The molecule has 0 spiro atoms. The topological polar surface area (TPSA) is 37.8 Å². The Morgan fingerprint density at radius 3 is 2.23 bits per heavy atom. The molecule has 0 saturated heterocycles. The molecule has 4 aromatic rings. The highest BCUT2D eigenvalue weighted by Crippen LogP contribution is 2.31. The van der Waals surface area contributed by atoms with Crippen LogP contribution < -0.4 is 5.32 Å². The maximum Gasteiger partial charge on any atom is 0.161 e. The number of fused-ring (bicyclic) bond motifs is 1. The van der Waals surface area contributed by atoms with Crippen molar-refractivity contribution < 1.29 is 4.39 Å². The van der Waals surface area contributed by atoms with Gasteiger partial charge >= 0.3 is 0 Å². The van der Waals surface area contributed by atoms with E-state index in [1.165, 1.54) is 23.3 Å². The summed E-state index contributed by atoms with van der Waals surface area (Å²) in [7, 11) is 0. The second-order valence-corrected chi connectivity index (χ2v) is 6.37. The van der Waals surface area contributed by atoms with Crippen molar-refractivity contribution in [2.24, 2.45) is 0 Å². The summed E-state index contributed by atoms with van der Waals surface area (Å²) in [4.78, 5) is 0. The SMILES string of the molecule is Cc1ccc(-c2nnc(Nc3ccc(F)cc3)c3ccccc23)cc1C. The number of benzene rings is 3. The molecule has 0 radical (unpaired) electrons. The van der Waals surface area contributed by atoms with Gasteiger partial charge in [-0.05, 0) is 55.3 Å². The number of halogens is 1. The smallest absolute Gasteiger partial charge is 0.161 e. The average Bonchev–Trinajstić information content (AvgIpc) is 2.66. The van der Waals surface area contributed by atoms with E-state index in [2.05, 4.69) is 47.6 Å². The highest BCUT2D eigenvalue weighted by molar-refractivity contribution is 6.00. The zero-order valence-electron chi connectivity index (χ0n) is 14.6. The Bertz CT molecular complexity index is 1090. The van der Waals surface area contributed by atoms with Gasteiger partial charge in [0.05, 0.1) is 0 Å². The molecule has 0 unspecified atom stereocenters. The molecule has 1 aromatic heterocycles. The van der Waals surface area contributed by atoms with Crippen molar-refractivity contribution in [2.75, 3.05) is 5.32 Å². The van der Waals surface area contributed by atoms with Crippen molar-refractivity contribution in [3.8, 4) is 11.3 Å². The number of nitrogens with one attached hydrogen (secondary N) is 1. The lowest BCUT2D eigenvalue weighted by atomic mass is 10.0. The molecular formula is C22H18FN3. The Hall–Kier alpha value is -3.27. The summed E-state index contributed by atoms with van der Waals surface area (Å²) in [5.41, 5.74) is 5.14. The number of hydrogen-bond acceptors (Lipinski definition) is 3. The van der Waals surface area contributed by atoms with Gasteiger partial charge in [-0.2, -0.15) is 0 Å². The van der Waals surface area contributed by atoms with E-state index in [4.69, 9.17) is 0 Å². The third-order valence-electron chi connectivity index (χ3n) is 4.57. The van der Waals surface area contributed by atoms with E-state index in [9.17, 15) is 4.39 Å². The highest BCUT2D eigenvalue weighted by atomic mass is 19.1. The molecule has 0 atom stereocenters. The maximum absolute atomic E-state index is 13.1. The molecule has 0 amide bonds. The fourth-order valence-electron chi connectivity index (χ4n) is 2.97. The zero-order valence-corrected chi connectivity index (χ0v) is 14.6. The van der Waals surface area contributed by atoms with Gasteiger partial charge in [0, 0.05) is 22.0 Å². The zero-order chi connectivity index (χ0) is 18.1. The third kappa shape index (κ3) is 3.02. The van der Waals surface area contributed by atoms with Crippen LogP contribution in [0.2, 0.25) is 0 Å². The molecule has 0 saturated carbocycles. The number of aromatic nitrogens is 2. The standard InChI is InChI=1S/C22H18FN3/c1-14-7-8-16(13-15(14)2)21-19-5-3-4-6-20(19)22(26-25-21)24-18-11-9-17(23)10-12-18/h3-13H,1-2H3,(H,24,26). The molecule has 1 heterocycles. The molecule has 4 rings (SSSR count). The van der Waals surface area contributed by atoms with E-state index in [1.807, 2.05) is 24.3 Å². The van der Waals surface area contributed by atoms with Crippen LogP contribution in [0.1, 0.15) is 11.1 Å². The minimum Gasteiger partial charge on any atom is -0.338 e. The Morgan fingerprint density at radius 1 is 0.769 bits per heavy atom. The van der Waals surface area contributed by atoms with Gasteiger partial charge in [0.25, 0.3) is 0 Å². The van der Waals surface area contributed by atoms with Crippen molar-refractivity contribution >= 4 is 22.3 Å². The van der Waals surface area contributed by atoms with Crippen molar-refractivity contribution in [1.82, 2.24) is 10.2 Å². The molecule has 0 bridgehead atoms. The van der Waals surface area contributed by atoms with Crippen molar-refractivity contribution in [1.29, 1.82) is 0 Å². The Balaban J connectivity index is 1.82. The van der Waals surface area contributed by atoms with Crippen molar-refractivity contribution in [2.45, 2.75) is 13.8 Å². The van der Waals surface area contributed by atoms with Crippen molar-refractivity contribution in [3.05, 3.63) is 83.7 Å². The molecule has 0 aliphatic rings. The van der Waals surface area contributed by atoms with Crippen LogP contribution in [0.3, 0.4) is 0 Å². The normalized spacial score (nSPS) is 10.9. The van der Waals surface area contributed by atoms with Gasteiger partial charge in [0.2, 0.25) is 0 Å². The van der Waals surface area contributed by atoms with Gasteiger partial charge in [0.15, 0.2) is 5.82 Å². The predicted molar refractivity (Wildman–Crippen MR) is 104 cm³/mol. The molecule has 0 aliphatic carbocycles. The summed E-state index contributed by atoms with van der Waals surface area (Å²) in [5, 5.41) is 14.1. The Morgan fingerprint density at radius 2 is 1.50 bits per heavy atom. The first-order chi connectivity index (χ1) is 12.6.